The molecule has 0 aliphatic carbocycles. The highest BCUT2D eigenvalue weighted by Gasteiger charge is 2.27. The van der Waals surface area contributed by atoms with Crippen molar-refractivity contribution in [1.29, 1.82) is 0 Å². The van der Waals surface area contributed by atoms with Crippen molar-refractivity contribution < 1.29 is 9.90 Å². The van der Waals surface area contributed by atoms with Gasteiger partial charge in [-0.05, 0) is 38.3 Å². The lowest BCUT2D eigenvalue weighted by Crippen LogP contribution is -2.46. The van der Waals surface area contributed by atoms with Crippen molar-refractivity contribution in [2.75, 3.05) is 13.2 Å². The maximum absolute atomic E-state index is 12.2. The van der Waals surface area contributed by atoms with Gasteiger partial charge in [-0.1, -0.05) is 36.8 Å². The number of hydrogen-bond donors (Lipinski definition) is 3. The summed E-state index contributed by atoms with van der Waals surface area (Å²) in [5.41, 5.74) is 0.217. The molecule has 1 aromatic carbocycles. The Hall–Kier alpha value is -1.39. The average Bonchev–Trinajstić information content (AvgIpc) is 2.54. The minimum absolute atomic E-state index is 0.00257. The quantitative estimate of drug-likeness (QED) is 0.750. The fourth-order valence-electron chi connectivity index (χ4n) is 2.85. The van der Waals surface area contributed by atoms with Crippen molar-refractivity contribution in [3.8, 4) is 0 Å². The zero-order chi connectivity index (χ0) is 15.1. The molecule has 0 saturated carbocycles. The van der Waals surface area contributed by atoms with E-state index in [1.807, 2.05) is 37.3 Å². The SMILES string of the molecule is CC(CO)(NC(=O)CCC1CCCCN1)c1ccccc1. The first kappa shape index (κ1) is 16.0. The van der Waals surface area contributed by atoms with Crippen LogP contribution in [-0.4, -0.2) is 30.2 Å². The van der Waals surface area contributed by atoms with Crippen LogP contribution in [0.4, 0.5) is 0 Å². The third-order valence-electron chi connectivity index (χ3n) is 4.27. The highest BCUT2D eigenvalue weighted by Crippen LogP contribution is 2.20. The number of hydrogen-bond acceptors (Lipinski definition) is 3. The summed E-state index contributed by atoms with van der Waals surface area (Å²) < 4.78 is 0. The summed E-state index contributed by atoms with van der Waals surface area (Å²) in [6.45, 7) is 2.81. The third-order valence-corrected chi connectivity index (χ3v) is 4.27. The monoisotopic (exact) mass is 290 g/mol. The van der Waals surface area contributed by atoms with Gasteiger partial charge in [0.1, 0.15) is 0 Å². The molecule has 1 amide bonds. The van der Waals surface area contributed by atoms with E-state index in [0.717, 1.165) is 24.9 Å². The predicted molar refractivity (Wildman–Crippen MR) is 83.9 cm³/mol. The number of aliphatic hydroxyl groups is 1. The van der Waals surface area contributed by atoms with Crippen LogP contribution >= 0.6 is 0 Å². The van der Waals surface area contributed by atoms with Gasteiger partial charge in [0.2, 0.25) is 5.91 Å². The van der Waals surface area contributed by atoms with E-state index in [0.29, 0.717) is 12.5 Å². The Bertz CT molecular complexity index is 443. The highest BCUT2D eigenvalue weighted by atomic mass is 16.3. The molecule has 1 fully saturated rings. The fraction of sp³-hybridized carbons (Fsp3) is 0.588. The van der Waals surface area contributed by atoms with Gasteiger partial charge in [-0.25, -0.2) is 0 Å². The third kappa shape index (κ3) is 4.55. The minimum atomic E-state index is -0.710. The van der Waals surface area contributed by atoms with E-state index in [-0.39, 0.29) is 12.5 Å². The summed E-state index contributed by atoms with van der Waals surface area (Å²) in [6, 6.07) is 10.1. The summed E-state index contributed by atoms with van der Waals surface area (Å²) in [7, 11) is 0. The van der Waals surface area contributed by atoms with E-state index in [2.05, 4.69) is 10.6 Å². The number of aliphatic hydroxyl groups excluding tert-OH is 1. The minimum Gasteiger partial charge on any atom is -0.394 e. The molecule has 0 radical (unpaired) electrons. The molecular formula is C17H26N2O2. The second-order valence-electron chi connectivity index (χ2n) is 6.09. The van der Waals surface area contributed by atoms with Gasteiger partial charge in [-0.15, -0.1) is 0 Å². The predicted octanol–water partition coefficient (Wildman–Crippen LogP) is 1.93. The fourth-order valence-corrected chi connectivity index (χ4v) is 2.85. The number of carbonyl (C=O) groups is 1. The molecule has 2 atom stereocenters. The van der Waals surface area contributed by atoms with Crippen LogP contribution in [0.2, 0.25) is 0 Å². The maximum Gasteiger partial charge on any atom is 0.220 e. The molecule has 1 heterocycles. The van der Waals surface area contributed by atoms with E-state index >= 15 is 0 Å². The van der Waals surface area contributed by atoms with Gasteiger partial charge in [0.25, 0.3) is 0 Å². The molecule has 21 heavy (non-hydrogen) atoms. The number of rotatable bonds is 6. The first-order chi connectivity index (χ1) is 10.1. The second kappa shape index (κ2) is 7.57. The lowest BCUT2D eigenvalue weighted by Gasteiger charge is -2.30. The molecule has 2 unspecified atom stereocenters. The van der Waals surface area contributed by atoms with E-state index in [9.17, 15) is 9.90 Å². The zero-order valence-corrected chi connectivity index (χ0v) is 12.8. The van der Waals surface area contributed by atoms with E-state index in [1.54, 1.807) is 0 Å². The molecule has 0 aromatic heterocycles. The van der Waals surface area contributed by atoms with Crippen LogP contribution in [0.15, 0.2) is 30.3 Å². The topological polar surface area (TPSA) is 61.4 Å². The smallest absolute Gasteiger partial charge is 0.220 e. The summed E-state index contributed by atoms with van der Waals surface area (Å²) in [4.78, 5) is 12.2. The first-order valence-corrected chi connectivity index (χ1v) is 7.85. The standard InChI is InChI=1S/C17H26N2O2/c1-17(13-20,14-7-3-2-4-8-14)19-16(21)11-10-15-9-5-6-12-18-15/h2-4,7-8,15,18,20H,5-6,9-13H2,1H3,(H,19,21). The largest absolute Gasteiger partial charge is 0.394 e. The number of carbonyl (C=O) groups excluding carboxylic acids is 1. The van der Waals surface area contributed by atoms with Crippen LogP contribution < -0.4 is 10.6 Å². The van der Waals surface area contributed by atoms with E-state index < -0.39 is 5.54 Å². The number of nitrogens with one attached hydrogen (secondary N) is 2. The van der Waals surface area contributed by atoms with E-state index in [1.165, 1.54) is 12.8 Å². The highest BCUT2D eigenvalue weighted by molar-refractivity contribution is 5.77. The molecule has 1 aromatic rings. The zero-order valence-electron chi connectivity index (χ0n) is 12.8. The molecule has 2 rings (SSSR count). The summed E-state index contributed by atoms with van der Waals surface area (Å²) in [5, 5.41) is 16.1. The van der Waals surface area contributed by atoms with Crippen LogP contribution in [0.3, 0.4) is 0 Å². The van der Waals surface area contributed by atoms with Crippen LogP contribution in [-0.2, 0) is 10.3 Å². The Balaban J connectivity index is 1.87. The molecule has 3 N–H and O–H groups in total. The van der Waals surface area contributed by atoms with Gasteiger partial charge in [-0.3, -0.25) is 4.79 Å². The molecule has 1 aliphatic rings. The van der Waals surface area contributed by atoms with Gasteiger partial charge in [0, 0.05) is 12.5 Å². The molecular weight excluding hydrogens is 264 g/mol. The summed E-state index contributed by atoms with van der Waals surface area (Å²) >= 11 is 0. The van der Waals surface area contributed by atoms with Gasteiger partial charge in [0.15, 0.2) is 0 Å². The lowest BCUT2D eigenvalue weighted by atomic mass is 9.92. The number of benzene rings is 1. The molecule has 1 saturated heterocycles. The molecule has 4 heteroatoms. The summed E-state index contributed by atoms with van der Waals surface area (Å²) in [5.74, 6) is 0.00257. The molecule has 116 valence electrons. The molecule has 1 aliphatic heterocycles. The van der Waals surface area contributed by atoms with Crippen molar-refractivity contribution >= 4 is 5.91 Å². The number of amides is 1. The molecule has 0 bridgehead atoms. The molecule has 0 spiro atoms. The Morgan fingerprint density at radius 1 is 1.38 bits per heavy atom. The van der Waals surface area contributed by atoms with Gasteiger partial charge in [0.05, 0.1) is 12.1 Å². The normalized spacial score (nSPS) is 21.5. The average molecular weight is 290 g/mol. The van der Waals surface area contributed by atoms with Crippen LogP contribution in [0.1, 0.15) is 44.6 Å². The summed E-state index contributed by atoms with van der Waals surface area (Å²) in [6.07, 6.45) is 5.00. The molecule has 4 nitrogen and oxygen atoms in total. The van der Waals surface area contributed by atoms with Crippen molar-refractivity contribution in [1.82, 2.24) is 10.6 Å². The number of piperidine rings is 1. The Morgan fingerprint density at radius 3 is 2.76 bits per heavy atom. The van der Waals surface area contributed by atoms with Gasteiger partial charge in [-0.2, -0.15) is 0 Å². The van der Waals surface area contributed by atoms with Crippen LogP contribution in [0.25, 0.3) is 0 Å². The maximum atomic E-state index is 12.2. The van der Waals surface area contributed by atoms with Crippen molar-refractivity contribution in [3.63, 3.8) is 0 Å². The van der Waals surface area contributed by atoms with Crippen LogP contribution in [0.5, 0.6) is 0 Å². The van der Waals surface area contributed by atoms with Gasteiger partial charge < -0.3 is 15.7 Å². The Labute approximate surface area is 126 Å². The van der Waals surface area contributed by atoms with Crippen molar-refractivity contribution in [3.05, 3.63) is 35.9 Å². The van der Waals surface area contributed by atoms with E-state index in [4.69, 9.17) is 0 Å². The van der Waals surface area contributed by atoms with Crippen molar-refractivity contribution in [2.45, 2.75) is 50.6 Å². The second-order valence-corrected chi connectivity index (χ2v) is 6.09. The lowest BCUT2D eigenvalue weighted by molar-refractivity contribution is -0.123. The first-order valence-electron chi connectivity index (χ1n) is 7.85. The Morgan fingerprint density at radius 2 is 2.14 bits per heavy atom. The van der Waals surface area contributed by atoms with Crippen LogP contribution in [0, 0.1) is 0 Å². The van der Waals surface area contributed by atoms with Gasteiger partial charge >= 0.3 is 0 Å². The van der Waals surface area contributed by atoms with Crippen molar-refractivity contribution in [2.24, 2.45) is 0 Å². The Kier molecular flexibility index (Phi) is 5.76.